The first kappa shape index (κ1) is 24.2. The molecule has 1 aromatic heterocycles. The van der Waals surface area contributed by atoms with Gasteiger partial charge in [-0.15, -0.1) is 0 Å². The molecule has 1 heterocycles. The summed E-state index contributed by atoms with van der Waals surface area (Å²) in [5.41, 5.74) is 0.904. The molecule has 10 nitrogen and oxygen atoms in total. The van der Waals surface area contributed by atoms with Gasteiger partial charge in [0.2, 0.25) is 0 Å². The zero-order valence-electron chi connectivity index (χ0n) is 18.5. The van der Waals surface area contributed by atoms with E-state index < -0.39 is 41.3 Å². The summed E-state index contributed by atoms with van der Waals surface area (Å²) in [4.78, 5) is 47.6. The van der Waals surface area contributed by atoms with E-state index in [4.69, 9.17) is 10.2 Å². The summed E-state index contributed by atoms with van der Waals surface area (Å²) in [5, 5.41) is 34.8. The zero-order chi connectivity index (χ0) is 25.0. The topological polar surface area (TPSA) is 159 Å². The van der Waals surface area contributed by atoms with Crippen LogP contribution in [0.4, 0.5) is 0 Å². The maximum Gasteiger partial charge on any atom is 0.335 e. The number of nitrogens with one attached hydrogen (secondary N) is 1. The van der Waals surface area contributed by atoms with Gasteiger partial charge in [0.1, 0.15) is 17.8 Å². The van der Waals surface area contributed by atoms with Crippen LogP contribution in [-0.2, 0) is 11.3 Å². The number of aromatic hydroxyl groups is 1. The van der Waals surface area contributed by atoms with E-state index in [1.54, 1.807) is 50.2 Å². The number of carbonyl (C=O) groups excluding carboxylic acids is 1. The van der Waals surface area contributed by atoms with Crippen molar-refractivity contribution < 1.29 is 29.7 Å². The first-order chi connectivity index (χ1) is 16.1. The maximum atomic E-state index is 13.1. The predicted octanol–water partition coefficient (Wildman–Crippen LogP) is 2.30. The van der Waals surface area contributed by atoms with Crippen molar-refractivity contribution in [2.75, 3.05) is 6.54 Å². The number of aromatic carboxylic acids is 1. The summed E-state index contributed by atoms with van der Waals surface area (Å²) in [7, 11) is 0. The summed E-state index contributed by atoms with van der Waals surface area (Å²) in [5.74, 6) is -4.28. The van der Waals surface area contributed by atoms with Crippen molar-refractivity contribution in [1.29, 1.82) is 0 Å². The molecule has 0 bridgehead atoms. The van der Waals surface area contributed by atoms with Crippen LogP contribution in [0.15, 0.2) is 53.3 Å². The molecule has 1 amide bonds. The molecule has 10 heteroatoms. The van der Waals surface area contributed by atoms with Crippen LogP contribution in [0.5, 0.6) is 5.75 Å². The van der Waals surface area contributed by atoms with Crippen LogP contribution in [0.25, 0.3) is 11.1 Å². The van der Waals surface area contributed by atoms with E-state index in [0.29, 0.717) is 5.56 Å². The molecule has 0 aliphatic heterocycles. The number of amides is 1. The van der Waals surface area contributed by atoms with E-state index in [9.17, 15) is 24.3 Å². The fourth-order valence-corrected chi connectivity index (χ4v) is 3.42. The first-order valence-corrected chi connectivity index (χ1v) is 10.4. The molecular weight excluding hydrogens is 442 g/mol. The highest BCUT2D eigenvalue weighted by atomic mass is 16.4. The first-order valence-electron chi connectivity index (χ1n) is 10.4. The van der Waals surface area contributed by atoms with E-state index in [1.807, 2.05) is 0 Å². The third-order valence-electron chi connectivity index (χ3n) is 5.11. The highest BCUT2D eigenvalue weighted by Crippen LogP contribution is 2.27. The second kappa shape index (κ2) is 9.99. The van der Waals surface area contributed by atoms with Crippen molar-refractivity contribution in [3.63, 3.8) is 0 Å². The molecule has 0 atom stereocenters. The Kier molecular flexibility index (Phi) is 7.10. The molecule has 0 saturated heterocycles. The van der Waals surface area contributed by atoms with Crippen molar-refractivity contribution in [1.82, 2.24) is 15.1 Å². The summed E-state index contributed by atoms with van der Waals surface area (Å²) in [6, 6.07) is 13.4. The lowest BCUT2D eigenvalue weighted by molar-refractivity contribution is -0.135. The van der Waals surface area contributed by atoms with Crippen LogP contribution in [0.1, 0.15) is 51.7 Å². The molecule has 176 valence electrons. The fraction of sp³-hybridized carbons (Fsp3) is 0.208. The average Bonchev–Trinajstić information content (AvgIpc) is 2.79. The van der Waals surface area contributed by atoms with Gasteiger partial charge in [-0.2, -0.15) is 5.10 Å². The van der Waals surface area contributed by atoms with Gasteiger partial charge in [0.15, 0.2) is 5.75 Å². The number of nitrogens with zero attached hydrogens (tertiary/aromatic N) is 2. The molecule has 0 aliphatic carbocycles. The minimum atomic E-state index is -1.30. The Morgan fingerprint density at radius 2 is 1.68 bits per heavy atom. The lowest BCUT2D eigenvalue weighted by Crippen LogP contribution is -2.37. The van der Waals surface area contributed by atoms with Gasteiger partial charge < -0.3 is 20.6 Å². The Labute approximate surface area is 194 Å². The number of hydrogen-bond donors (Lipinski definition) is 4. The highest BCUT2D eigenvalue weighted by molar-refractivity contribution is 5.98. The Morgan fingerprint density at radius 1 is 1.03 bits per heavy atom. The standard InChI is InChI=1S/C24H23N3O7/c1-13(2)20-21(30)19(22(31)25-11-18(28)29)23(32)27(26-20)12-16-5-3-4-6-17(16)14-7-9-15(10-8-14)24(33)34/h3-10,13,30H,11-12H2,1-2H3,(H,25,31)(H,28,29)(H,33,34). The summed E-state index contributed by atoms with van der Waals surface area (Å²) in [6.45, 7) is 2.70. The summed E-state index contributed by atoms with van der Waals surface area (Å²) in [6.07, 6.45) is 0. The quantitative estimate of drug-likeness (QED) is 0.394. The second-order valence-electron chi connectivity index (χ2n) is 7.84. The summed E-state index contributed by atoms with van der Waals surface area (Å²) < 4.78 is 1.05. The molecule has 0 fully saturated rings. The molecular formula is C24H23N3O7. The van der Waals surface area contributed by atoms with E-state index in [0.717, 1.165) is 15.8 Å². The van der Waals surface area contributed by atoms with Gasteiger partial charge in [-0.25, -0.2) is 9.48 Å². The number of rotatable bonds is 8. The van der Waals surface area contributed by atoms with Gasteiger partial charge >= 0.3 is 11.9 Å². The van der Waals surface area contributed by atoms with Crippen molar-refractivity contribution in [2.24, 2.45) is 0 Å². The highest BCUT2D eigenvalue weighted by Gasteiger charge is 2.25. The molecule has 3 rings (SSSR count). The minimum absolute atomic E-state index is 0.0467. The third kappa shape index (κ3) is 5.12. The number of carboxylic acid groups (broad SMARTS) is 2. The van der Waals surface area contributed by atoms with Crippen LogP contribution in [0.3, 0.4) is 0 Å². The molecule has 0 spiro atoms. The molecule has 0 aliphatic rings. The Morgan fingerprint density at radius 3 is 2.26 bits per heavy atom. The predicted molar refractivity (Wildman–Crippen MR) is 122 cm³/mol. The number of carboxylic acids is 2. The van der Waals surface area contributed by atoms with Crippen LogP contribution in [0.2, 0.25) is 0 Å². The van der Waals surface area contributed by atoms with E-state index >= 15 is 0 Å². The number of aromatic nitrogens is 2. The fourth-order valence-electron chi connectivity index (χ4n) is 3.42. The lowest BCUT2D eigenvalue weighted by atomic mass is 9.98. The van der Waals surface area contributed by atoms with Crippen molar-refractivity contribution in [2.45, 2.75) is 26.3 Å². The smallest absolute Gasteiger partial charge is 0.335 e. The molecule has 0 saturated carbocycles. The van der Waals surface area contributed by atoms with Crippen LogP contribution in [-0.4, -0.2) is 49.5 Å². The van der Waals surface area contributed by atoms with Gasteiger partial charge in [0.05, 0.1) is 12.1 Å². The molecule has 0 unspecified atom stereocenters. The Hall–Kier alpha value is -4.47. The Bertz CT molecular complexity index is 1310. The SMILES string of the molecule is CC(C)c1nn(Cc2ccccc2-c2ccc(C(=O)O)cc2)c(=O)c(C(=O)NCC(=O)O)c1O. The second-order valence-corrected chi connectivity index (χ2v) is 7.84. The maximum absolute atomic E-state index is 13.1. The van der Waals surface area contributed by atoms with Gasteiger partial charge in [0.25, 0.3) is 11.5 Å². The van der Waals surface area contributed by atoms with Gasteiger partial charge in [-0.05, 0) is 28.8 Å². The largest absolute Gasteiger partial charge is 0.505 e. The molecule has 0 radical (unpaired) electrons. The number of aliphatic carboxylic acids is 1. The number of hydrogen-bond acceptors (Lipinski definition) is 6. The van der Waals surface area contributed by atoms with Gasteiger partial charge in [0, 0.05) is 5.92 Å². The molecule has 2 aromatic carbocycles. The van der Waals surface area contributed by atoms with Crippen LogP contribution >= 0.6 is 0 Å². The number of benzene rings is 2. The van der Waals surface area contributed by atoms with Crippen molar-refractivity contribution in [3.8, 4) is 16.9 Å². The van der Waals surface area contributed by atoms with Crippen molar-refractivity contribution >= 4 is 17.8 Å². The molecule has 4 N–H and O–H groups in total. The molecule has 34 heavy (non-hydrogen) atoms. The Balaban J connectivity index is 2.08. The van der Waals surface area contributed by atoms with Crippen LogP contribution in [0, 0.1) is 0 Å². The minimum Gasteiger partial charge on any atom is -0.505 e. The lowest BCUT2D eigenvalue weighted by Gasteiger charge is -2.16. The average molecular weight is 465 g/mol. The third-order valence-corrected chi connectivity index (χ3v) is 5.11. The normalized spacial score (nSPS) is 10.8. The van der Waals surface area contributed by atoms with E-state index in [-0.39, 0.29) is 23.7 Å². The molecule has 3 aromatic rings. The monoisotopic (exact) mass is 465 g/mol. The van der Waals surface area contributed by atoms with E-state index in [1.165, 1.54) is 12.1 Å². The summed E-state index contributed by atoms with van der Waals surface area (Å²) >= 11 is 0. The van der Waals surface area contributed by atoms with Crippen molar-refractivity contribution in [3.05, 3.63) is 81.3 Å². The van der Waals surface area contributed by atoms with E-state index in [2.05, 4.69) is 10.4 Å². The van der Waals surface area contributed by atoms with Gasteiger partial charge in [-0.1, -0.05) is 50.2 Å². The van der Waals surface area contributed by atoms with Crippen LogP contribution < -0.4 is 10.9 Å². The van der Waals surface area contributed by atoms with Gasteiger partial charge in [-0.3, -0.25) is 14.4 Å². The number of carbonyl (C=O) groups is 3. The zero-order valence-corrected chi connectivity index (χ0v) is 18.5.